The van der Waals surface area contributed by atoms with E-state index in [1.165, 1.54) is 24.3 Å². The highest BCUT2D eigenvalue weighted by Gasteiger charge is 2.26. The van der Waals surface area contributed by atoms with Crippen molar-refractivity contribution in [3.05, 3.63) is 46.0 Å². The van der Waals surface area contributed by atoms with Crippen molar-refractivity contribution in [1.82, 2.24) is 9.88 Å². The molecule has 1 N–H and O–H groups in total. The summed E-state index contributed by atoms with van der Waals surface area (Å²) in [6.45, 7) is 5.83. The molecule has 5 nitrogen and oxygen atoms in total. The van der Waals surface area contributed by atoms with Crippen LogP contribution >= 0.6 is 0 Å². The van der Waals surface area contributed by atoms with Crippen LogP contribution in [0.2, 0.25) is 0 Å². The summed E-state index contributed by atoms with van der Waals surface area (Å²) in [6, 6.07) is 5.30. The van der Waals surface area contributed by atoms with Crippen molar-refractivity contribution < 1.29 is 13.9 Å². The van der Waals surface area contributed by atoms with Gasteiger partial charge in [0.2, 0.25) is 5.56 Å². The third-order valence-corrected chi connectivity index (χ3v) is 4.77. The Morgan fingerprint density at radius 1 is 1.38 bits per heavy atom. The number of benzene rings is 1. The lowest BCUT2D eigenvalue weighted by molar-refractivity contribution is -0.0259. The zero-order valence-corrected chi connectivity index (χ0v) is 15.3. The molecular formula is C20H25FN2O3. The standard InChI is InChI=1S/C20H25FN2O3/c1-13(2)4-3-5-15-12-23(8-9-26-15)20(25)17-11-19(24)22-18-7-6-14(21)10-16(17)18/h6-7,10-11,13,15H,3-5,8-9,12H2,1-2H3,(H,22,24). The molecular weight excluding hydrogens is 335 g/mol. The van der Waals surface area contributed by atoms with Gasteiger partial charge in [-0.1, -0.05) is 26.7 Å². The Kier molecular flexibility index (Phi) is 5.71. The molecule has 1 amide bonds. The fraction of sp³-hybridized carbons (Fsp3) is 0.500. The minimum atomic E-state index is -0.438. The number of H-pyrrole nitrogens is 1. The molecule has 140 valence electrons. The molecule has 2 heterocycles. The number of aromatic amines is 1. The van der Waals surface area contributed by atoms with Gasteiger partial charge in [0.25, 0.3) is 5.91 Å². The van der Waals surface area contributed by atoms with E-state index in [4.69, 9.17) is 4.74 Å². The van der Waals surface area contributed by atoms with Crippen molar-refractivity contribution >= 4 is 16.8 Å². The molecule has 3 rings (SSSR count). The maximum atomic E-state index is 13.7. The number of aromatic nitrogens is 1. The van der Waals surface area contributed by atoms with Crippen molar-refractivity contribution in [2.24, 2.45) is 5.92 Å². The number of fused-ring (bicyclic) bond motifs is 1. The number of carbonyl (C=O) groups excluding carboxylic acids is 1. The van der Waals surface area contributed by atoms with Gasteiger partial charge in [0.15, 0.2) is 0 Å². The summed E-state index contributed by atoms with van der Waals surface area (Å²) >= 11 is 0. The molecule has 26 heavy (non-hydrogen) atoms. The van der Waals surface area contributed by atoms with Gasteiger partial charge in [-0.05, 0) is 30.5 Å². The van der Waals surface area contributed by atoms with Crippen LogP contribution in [0.1, 0.15) is 43.5 Å². The number of carbonyl (C=O) groups is 1. The van der Waals surface area contributed by atoms with Gasteiger partial charge in [-0.25, -0.2) is 4.39 Å². The van der Waals surface area contributed by atoms with E-state index in [1.807, 2.05) is 0 Å². The highest BCUT2D eigenvalue weighted by Crippen LogP contribution is 2.21. The smallest absolute Gasteiger partial charge is 0.254 e. The average Bonchev–Trinajstić information content (AvgIpc) is 2.61. The van der Waals surface area contributed by atoms with Crippen LogP contribution in [0.3, 0.4) is 0 Å². The summed E-state index contributed by atoms with van der Waals surface area (Å²) in [7, 11) is 0. The Hall–Kier alpha value is -2.21. The molecule has 1 aromatic heterocycles. The number of rotatable bonds is 5. The number of pyridine rings is 1. The zero-order valence-electron chi connectivity index (χ0n) is 15.3. The lowest BCUT2D eigenvalue weighted by atomic mass is 10.0. The number of morpholine rings is 1. The van der Waals surface area contributed by atoms with Gasteiger partial charge in [-0.3, -0.25) is 9.59 Å². The van der Waals surface area contributed by atoms with Gasteiger partial charge in [0, 0.05) is 30.1 Å². The number of ether oxygens (including phenoxy) is 1. The van der Waals surface area contributed by atoms with Gasteiger partial charge in [-0.15, -0.1) is 0 Å². The normalized spacial score (nSPS) is 17.8. The topological polar surface area (TPSA) is 62.4 Å². The molecule has 0 bridgehead atoms. The van der Waals surface area contributed by atoms with E-state index in [2.05, 4.69) is 18.8 Å². The first kappa shape index (κ1) is 18.6. The largest absolute Gasteiger partial charge is 0.375 e. The van der Waals surface area contributed by atoms with Crippen LogP contribution in [0.15, 0.2) is 29.1 Å². The third-order valence-electron chi connectivity index (χ3n) is 4.77. The first-order valence-electron chi connectivity index (χ1n) is 9.17. The number of amides is 1. The van der Waals surface area contributed by atoms with Crippen LogP contribution in [0.4, 0.5) is 4.39 Å². The van der Waals surface area contributed by atoms with Crippen LogP contribution < -0.4 is 5.56 Å². The van der Waals surface area contributed by atoms with Crippen LogP contribution in [-0.2, 0) is 4.74 Å². The second-order valence-electron chi connectivity index (χ2n) is 7.31. The van der Waals surface area contributed by atoms with E-state index < -0.39 is 5.82 Å². The monoisotopic (exact) mass is 360 g/mol. The van der Waals surface area contributed by atoms with E-state index in [1.54, 1.807) is 4.90 Å². The highest BCUT2D eigenvalue weighted by molar-refractivity contribution is 6.06. The molecule has 0 spiro atoms. The Labute approximate surface area is 152 Å². The van der Waals surface area contributed by atoms with E-state index in [-0.39, 0.29) is 23.1 Å². The number of hydrogen-bond donors (Lipinski definition) is 1. The van der Waals surface area contributed by atoms with Gasteiger partial charge in [0.1, 0.15) is 5.82 Å². The summed E-state index contributed by atoms with van der Waals surface area (Å²) in [4.78, 5) is 29.3. The molecule has 6 heteroatoms. The summed E-state index contributed by atoms with van der Waals surface area (Å²) in [5.74, 6) is -0.0374. The predicted octanol–water partition coefficient (Wildman–Crippen LogP) is 3.33. The number of nitrogens with one attached hydrogen (secondary N) is 1. The summed E-state index contributed by atoms with van der Waals surface area (Å²) < 4.78 is 19.4. The quantitative estimate of drug-likeness (QED) is 0.890. The Morgan fingerprint density at radius 3 is 2.96 bits per heavy atom. The molecule has 2 aromatic rings. The van der Waals surface area contributed by atoms with Crippen molar-refractivity contribution in [2.45, 2.75) is 39.2 Å². The third kappa shape index (κ3) is 4.30. The van der Waals surface area contributed by atoms with Gasteiger partial charge < -0.3 is 14.6 Å². The van der Waals surface area contributed by atoms with E-state index in [0.29, 0.717) is 36.5 Å². The highest BCUT2D eigenvalue weighted by atomic mass is 19.1. The number of nitrogens with zero attached hydrogens (tertiary/aromatic N) is 1. The molecule has 0 saturated carbocycles. The first-order valence-corrected chi connectivity index (χ1v) is 9.17. The molecule has 1 aliphatic rings. The van der Waals surface area contributed by atoms with E-state index >= 15 is 0 Å². The number of halogens is 1. The fourth-order valence-electron chi connectivity index (χ4n) is 3.41. The Morgan fingerprint density at radius 2 is 2.19 bits per heavy atom. The molecule has 1 fully saturated rings. The summed E-state index contributed by atoms with van der Waals surface area (Å²) in [5, 5.41) is 0.428. The van der Waals surface area contributed by atoms with Crippen LogP contribution in [-0.4, -0.2) is 41.6 Å². The second kappa shape index (κ2) is 7.99. The van der Waals surface area contributed by atoms with Gasteiger partial charge in [-0.2, -0.15) is 0 Å². The van der Waals surface area contributed by atoms with E-state index in [9.17, 15) is 14.0 Å². The Balaban J connectivity index is 1.79. The SMILES string of the molecule is CC(C)CCCC1CN(C(=O)c2cc(=O)[nH]c3ccc(F)cc23)CCO1. The minimum Gasteiger partial charge on any atom is -0.375 e. The van der Waals surface area contributed by atoms with Crippen molar-refractivity contribution in [2.75, 3.05) is 19.7 Å². The maximum Gasteiger partial charge on any atom is 0.254 e. The van der Waals surface area contributed by atoms with E-state index in [0.717, 1.165) is 19.3 Å². The Bertz CT molecular complexity index is 847. The minimum absolute atomic E-state index is 0.0106. The maximum absolute atomic E-state index is 13.7. The summed E-state index contributed by atoms with van der Waals surface area (Å²) in [6.07, 6.45) is 3.11. The van der Waals surface area contributed by atoms with Crippen LogP contribution in [0.5, 0.6) is 0 Å². The lowest BCUT2D eigenvalue weighted by Crippen LogP contribution is -2.45. The second-order valence-corrected chi connectivity index (χ2v) is 7.31. The van der Waals surface area contributed by atoms with Crippen molar-refractivity contribution in [1.29, 1.82) is 0 Å². The molecule has 1 unspecified atom stereocenters. The first-order chi connectivity index (χ1) is 12.4. The zero-order chi connectivity index (χ0) is 18.7. The van der Waals surface area contributed by atoms with Crippen LogP contribution in [0.25, 0.3) is 10.9 Å². The average molecular weight is 360 g/mol. The lowest BCUT2D eigenvalue weighted by Gasteiger charge is -2.33. The molecule has 0 aliphatic carbocycles. The van der Waals surface area contributed by atoms with Gasteiger partial charge >= 0.3 is 0 Å². The molecule has 1 atom stereocenters. The van der Waals surface area contributed by atoms with Crippen molar-refractivity contribution in [3.8, 4) is 0 Å². The van der Waals surface area contributed by atoms with Crippen LogP contribution in [0, 0.1) is 11.7 Å². The molecule has 1 aliphatic heterocycles. The number of hydrogen-bond acceptors (Lipinski definition) is 3. The molecule has 0 radical (unpaired) electrons. The predicted molar refractivity (Wildman–Crippen MR) is 98.9 cm³/mol. The van der Waals surface area contributed by atoms with Crippen molar-refractivity contribution in [3.63, 3.8) is 0 Å². The molecule has 1 aromatic carbocycles. The molecule has 1 saturated heterocycles. The summed E-state index contributed by atoms with van der Waals surface area (Å²) in [5.41, 5.74) is 0.337. The van der Waals surface area contributed by atoms with Gasteiger partial charge in [0.05, 0.1) is 18.3 Å². The fourth-order valence-corrected chi connectivity index (χ4v) is 3.41.